The molecule has 3 nitrogen and oxygen atoms in total. The molecule has 1 heterocycles. The first-order chi connectivity index (χ1) is 7.17. The number of anilines is 2. The zero-order chi connectivity index (χ0) is 11.3. The first kappa shape index (κ1) is 11.4. The van der Waals surface area contributed by atoms with Gasteiger partial charge in [0.1, 0.15) is 5.82 Å². The number of terminal acetylenes is 1. The Morgan fingerprint density at radius 1 is 1.67 bits per heavy atom. The fraction of sp³-hybridized carbons (Fsp3) is 0.417. The Hall–Kier alpha value is -1.69. The van der Waals surface area contributed by atoms with Gasteiger partial charge in [0.15, 0.2) is 0 Å². The standard InChI is InChI=1S/C12H17N3/c1-4-6-11(5-2)15-12-9(3)7-10(13)8-14-12/h1,7-8,11H,5-6,13H2,2-3H3,(H,14,15). The Bertz CT molecular complexity index is 366. The van der Waals surface area contributed by atoms with Crippen molar-refractivity contribution >= 4 is 11.5 Å². The van der Waals surface area contributed by atoms with Gasteiger partial charge in [-0.25, -0.2) is 4.98 Å². The van der Waals surface area contributed by atoms with Crippen molar-refractivity contribution in [2.24, 2.45) is 0 Å². The van der Waals surface area contributed by atoms with Crippen molar-refractivity contribution < 1.29 is 0 Å². The number of aromatic nitrogens is 1. The summed E-state index contributed by atoms with van der Waals surface area (Å²) < 4.78 is 0. The highest BCUT2D eigenvalue weighted by atomic mass is 15.0. The molecule has 1 aromatic rings. The van der Waals surface area contributed by atoms with Gasteiger partial charge in [-0.15, -0.1) is 12.3 Å². The third-order valence-electron chi connectivity index (χ3n) is 2.30. The van der Waals surface area contributed by atoms with Crippen LogP contribution in [0.3, 0.4) is 0 Å². The lowest BCUT2D eigenvalue weighted by atomic mass is 10.1. The van der Waals surface area contributed by atoms with E-state index in [1.165, 1.54) is 0 Å². The molecular formula is C12H17N3. The number of hydrogen-bond acceptors (Lipinski definition) is 3. The molecular weight excluding hydrogens is 186 g/mol. The Labute approximate surface area is 91.1 Å². The van der Waals surface area contributed by atoms with Crippen LogP contribution in [0.2, 0.25) is 0 Å². The number of nitrogens with two attached hydrogens (primary N) is 1. The molecule has 15 heavy (non-hydrogen) atoms. The van der Waals surface area contributed by atoms with Gasteiger partial charge in [0.25, 0.3) is 0 Å². The normalized spacial score (nSPS) is 11.8. The Morgan fingerprint density at radius 3 is 2.93 bits per heavy atom. The zero-order valence-corrected chi connectivity index (χ0v) is 9.25. The van der Waals surface area contributed by atoms with Gasteiger partial charge in [0.05, 0.1) is 11.9 Å². The van der Waals surface area contributed by atoms with Crippen molar-refractivity contribution in [1.29, 1.82) is 0 Å². The molecule has 0 fully saturated rings. The molecule has 0 aliphatic rings. The van der Waals surface area contributed by atoms with Gasteiger partial charge in [-0.05, 0) is 25.0 Å². The summed E-state index contributed by atoms with van der Waals surface area (Å²) in [5.74, 6) is 3.52. The fourth-order valence-electron chi connectivity index (χ4n) is 1.38. The van der Waals surface area contributed by atoms with Crippen LogP contribution in [-0.2, 0) is 0 Å². The highest BCUT2D eigenvalue weighted by molar-refractivity contribution is 5.51. The summed E-state index contributed by atoms with van der Waals surface area (Å²) in [6.07, 6.45) is 8.63. The average molecular weight is 203 g/mol. The minimum atomic E-state index is 0.282. The van der Waals surface area contributed by atoms with E-state index >= 15 is 0 Å². The minimum absolute atomic E-state index is 0.282. The predicted octanol–water partition coefficient (Wildman–Crippen LogP) is 2.19. The first-order valence-corrected chi connectivity index (χ1v) is 5.09. The number of aryl methyl sites for hydroxylation is 1. The lowest BCUT2D eigenvalue weighted by molar-refractivity contribution is 0.711. The lowest BCUT2D eigenvalue weighted by Crippen LogP contribution is -2.19. The quantitative estimate of drug-likeness (QED) is 0.737. The first-order valence-electron chi connectivity index (χ1n) is 5.09. The molecule has 0 aliphatic heterocycles. The van der Waals surface area contributed by atoms with Crippen LogP contribution in [0, 0.1) is 19.3 Å². The maximum Gasteiger partial charge on any atom is 0.129 e. The van der Waals surface area contributed by atoms with Crippen molar-refractivity contribution in [3.8, 4) is 12.3 Å². The second-order valence-corrected chi connectivity index (χ2v) is 3.59. The molecule has 0 aromatic carbocycles. The summed E-state index contributed by atoms with van der Waals surface area (Å²) in [6.45, 7) is 4.08. The highest BCUT2D eigenvalue weighted by Crippen LogP contribution is 2.16. The van der Waals surface area contributed by atoms with Crippen molar-refractivity contribution in [1.82, 2.24) is 4.98 Å². The molecule has 0 radical (unpaired) electrons. The molecule has 0 aliphatic carbocycles. The monoisotopic (exact) mass is 203 g/mol. The molecule has 0 amide bonds. The van der Waals surface area contributed by atoms with E-state index in [0.29, 0.717) is 12.1 Å². The number of nitrogens with one attached hydrogen (secondary N) is 1. The van der Waals surface area contributed by atoms with Crippen LogP contribution in [0.25, 0.3) is 0 Å². The van der Waals surface area contributed by atoms with Crippen molar-refractivity contribution in [2.45, 2.75) is 32.7 Å². The van der Waals surface area contributed by atoms with E-state index in [9.17, 15) is 0 Å². The molecule has 1 aromatic heterocycles. The van der Waals surface area contributed by atoms with E-state index < -0.39 is 0 Å². The van der Waals surface area contributed by atoms with E-state index in [0.717, 1.165) is 17.8 Å². The van der Waals surface area contributed by atoms with Crippen LogP contribution < -0.4 is 11.1 Å². The van der Waals surface area contributed by atoms with Gasteiger partial charge in [0, 0.05) is 12.5 Å². The van der Waals surface area contributed by atoms with Crippen LogP contribution in [-0.4, -0.2) is 11.0 Å². The van der Waals surface area contributed by atoms with Gasteiger partial charge in [-0.2, -0.15) is 0 Å². The van der Waals surface area contributed by atoms with Crippen molar-refractivity contribution in [3.05, 3.63) is 17.8 Å². The van der Waals surface area contributed by atoms with Gasteiger partial charge in [0.2, 0.25) is 0 Å². The number of nitrogen functional groups attached to an aromatic ring is 1. The third-order valence-corrected chi connectivity index (χ3v) is 2.30. The largest absolute Gasteiger partial charge is 0.397 e. The Kier molecular flexibility index (Phi) is 3.99. The third kappa shape index (κ3) is 3.17. The number of nitrogens with zero attached hydrogens (tertiary/aromatic N) is 1. The summed E-state index contributed by atoms with van der Waals surface area (Å²) in [6, 6.07) is 2.18. The van der Waals surface area contributed by atoms with E-state index in [1.807, 2.05) is 13.0 Å². The van der Waals surface area contributed by atoms with E-state index in [-0.39, 0.29) is 6.04 Å². The maximum absolute atomic E-state index is 5.63. The number of rotatable bonds is 4. The van der Waals surface area contributed by atoms with Crippen LogP contribution in [0.5, 0.6) is 0 Å². The second kappa shape index (κ2) is 5.26. The molecule has 3 heteroatoms. The SMILES string of the molecule is C#CCC(CC)Nc1ncc(N)cc1C. The second-order valence-electron chi connectivity index (χ2n) is 3.59. The Morgan fingerprint density at radius 2 is 2.40 bits per heavy atom. The summed E-state index contributed by atoms with van der Waals surface area (Å²) in [5.41, 5.74) is 7.36. The Balaban J connectivity index is 2.75. The topological polar surface area (TPSA) is 50.9 Å². The van der Waals surface area contributed by atoms with Gasteiger partial charge in [-0.3, -0.25) is 0 Å². The van der Waals surface area contributed by atoms with E-state index in [2.05, 4.69) is 23.1 Å². The molecule has 3 N–H and O–H groups in total. The van der Waals surface area contributed by atoms with Crippen molar-refractivity contribution in [3.63, 3.8) is 0 Å². The molecule has 1 atom stereocenters. The molecule has 80 valence electrons. The van der Waals surface area contributed by atoms with Gasteiger partial charge in [-0.1, -0.05) is 6.92 Å². The highest BCUT2D eigenvalue weighted by Gasteiger charge is 2.07. The zero-order valence-electron chi connectivity index (χ0n) is 9.25. The van der Waals surface area contributed by atoms with Crippen LogP contribution in [0.1, 0.15) is 25.3 Å². The molecule has 1 unspecified atom stereocenters. The van der Waals surface area contributed by atoms with Gasteiger partial charge < -0.3 is 11.1 Å². The van der Waals surface area contributed by atoms with Crippen LogP contribution >= 0.6 is 0 Å². The van der Waals surface area contributed by atoms with Crippen LogP contribution in [0.4, 0.5) is 11.5 Å². The molecule has 0 spiro atoms. The number of pyridine rings is 1. The molecule has 0 bridgehead atoms. The molecule has 1 rings (SSSR count). The smallest absolute Gasteiger partial charge is 0.129 e. The molecule has 0 saturated heterocycles. The average Bonchev–Trinajstić information content (AvgIpc) is 2.21. The fourth-order valence-corrected chi connectivity index (χ4v) is 1.38. The summed E-state index contributed by atoms with van der Waals surface area (Å²) in [4.78, 5) is 4.24. The molecule has 0 saturated carbocycles. The number of hydrogen-bond donors (Lipinski definition) is 2. The summed E-state index contributed by atoms with van der Waals surface area (Å²) >= 11 is 0. The minimum Gasteiger partial charge on any atom is -0.397 e. The lowest BCUT2D eigenvalue weighted by Gasteiger charge is -2.16. The predicted molar refractivity (Wildman–Crippen MR) is 64.5 cm³/mol. The van der Waals surface area contributed by atoms with E-state index in [1.54, 1.807) is 6.20 Å². The van der Waals surface area contributed by atoms with E-state index in [4.69, 9.17) is 12.2 Å². The summed E-state index contributed by atoms with van der Waals surface area (Å²) in [7, 11) is 0. The van der Waals surface area contributed by atoms with Crippen molar-refractivity contribution in [2.75, 3.05) is 11.1 Å². The maximum atomic E-state index is 5.63. The van der Waals surface area contributed by atoms with Crippen LogP contribution in [0.15, 0.2) is 12.3 Å². The summed E-state index contributed by atoms with van der Waals surface area (Å²) in [5, 5.41) is 3.32. The van der Waals surface area contributed by atoms with Gasteiger partial charge >= 0.3 is 0 Å².